The fraction of sp³-hybridized carbons (Fsp3) is 0.562. The van der Waals surface area contributed by atoms with E-state index in [-0.39, 0.29) is 18.2 Å². The second-order valence-corrected chi connectivity index (χ2v) is 6.34. The number of hydrogen-bond donors (Lipinski definition) is 2. The summed E-state index contributed by atoms with van der Waals surface area (Å²) in [6.45, 7) is 4.83. The lowest BCUT2D eigenvalue weighted by Gasteiger charge is -2.28. The van der Waals surface area contributed by atoms with Crippen molar-refractivity contribution in [1.82, 2.24) is 4.90 Å². The summed E-state index contributed by atoms with van der Waals surface area (Å²) in [5.74, 6) is 0.710. The van der Waals surface area contributed by atoms with Crippen molar-refractivity contribution in [1.29, 1.82) is 0 Å². The molecule has 1 aliphatic heterocycles. The van der Waals surface area contributed by atoms with Crippen LogP contribution in [0.5, 0.6) is 0 Å². The van der Waals surface area contributed by atoms with Gasteiger partial charge in [-0.15, -0.1) is 0 Å². The monoisotopic (exact) mass is 274 g/mol. The summed E-state index contributed by atoms with van der Waals surface area (Å²) in [6.07, 6.45) is 1.33. The summed E-state index contributed by atoms with van der Waals surface area (Å²) in [7, 11) is 0. The minimum atomic E-state index is -0.348. The number of likely N-dealkylation sites (tertiary alicyclic amines) is 1. The lowest BCUT2D eigenvalue weighted by molar-refractivity contribution is 0.149. The van der Waals surface area contributed by atoms with Gasteiger partial charge in [0.05, 0.1) is 12.1 Å². The molecule has 0 spiro atoms. The number of carbonyl (C=O) groups is 1. The molecule has 4 heteroatoms. The van der Waals surface area contributed by atoms with Crippen LogP contribution in [0, 0.1) is 25.7 Å². The Hall–Kier alpha value is -1.55. The minimum Gasteiger partial charge on any atom is -0.393 e. The number of amides is 2. The number of fused-ring (bicyclic) bond motifs is 1. The lowest BCUT2D eigenvalue weighted by Crippen LogP contribution is -2.37. The smallest absolute Gasteiger partial charge is 0.315 e. The van der Waals surface area contributed by atoms with Gasteiger partial charge in [0.15, 0.2) is 0 Å². The molecule has 2 fully saturated rings. The number of primary amides is 1. The zero-order valence-corrected chi connectivity index (χ0v) is 12.0. The van der Waals surface area contributed by atoms with E-state index in [1.165, 1.54) is 16.7 Å². The Morgan fingerprint density at radius 3 is 2.75 bits per heavy atom. The molecule has 1 saturated heterocycles. The Morgan fingerprint density at radius 2 is 2.10 bits per heavy atom. The summed E-state index contributed by atoms with van der Waals surface area (Å²) in [5.41, 5.74) is 9.16. The summed E-state index contributed by atoms with van der Waals surface area (Å²) in [6, 6.07) is 6.01. The van der Waals surface area contributed by atoms with Crippen LogP contribution in [-0.4, -0.2) is 28.7 Å². The molecule has 4 nitrogen and oxygen atoms in total. The standard InChI is InChI=1S/C16H22N2O2/c1-9-3-4-13(10(2)5-9)15-14-7-12(19)6-11(14)8-18(15)16(17)20/h3-5,11-12,14-15,19H,6-8H2,1-2H3,(H2,17,20). The molecular formula is C16H22N2O2. The Morgan fingerprint density at radius 1 is 1.35 bits per heavy atom. The third kappa shape index (κ3) is 2.08. The van der Waals surface area contributed by atoms with E-state index in [1.54, 1.807) is 4.90 Å². The zero-order chi connectivity index (χ0) is 14.4. The summed E-state index contributed by atoms with van der Waals surface area (Å²) in [5, 5.41) is 9.90. The van der Waals surface area contributed by atoms with E-state index < -0.39 is 0 Å². The molecule has 0 bridgehead atoms. The normalized spacial score (nSPS) is 32.5. The van der Waals surface area contributed by atoms with Crippen molar-refractivity contribution in [2.75, 3.05) is 6.54 Å². The first kappa shape index (κ1) is 13.4. The van der Waals surface area contributed by atoms with Crippen molar-refractivity contribution in [3.8, 4) is 0 Å². The number of rotatable bonds is 1. The minimum absolute atomic E-state index is 0.0234. The molecule has 0 aromatic heterocycles. The molecule has 1 aromatic carbocycles. The highest BCUT2D eigenvalue weighted by molar-refractivity contribution is 5.73. The number of hydrogen-bond acceptors (Lipinski definition) is 2. The molecule has 108 valence electrons. The number of nitrogens with zero attached hydrogens (tertiary/aromatic N) is 1. The van der Waals surface area contributed by atoms with Crippen molar-refractivity contribution in [3.63, 3.8) is 0 Å². The highest BCUT2D eigenvalue weighted by Crippen LogP contribution is 2.49. The maximum Gasteiger partial charge on any atom is 0.315 e. The highest BCUT2D eigenvalue weighted by atomic mass is 16.3. The highest BCUT2D eigenvalue weighted by Gasteiger charge is 2.49. The van der Waals surface area contributed by atoms with Crippen molar-refractivity contribution in [3.05, 3.63) is 34.9 Å². The number of aliphatic hydroxyl groups is 1. The van der Waals surface area contributed by atoms with Crippen LogP contribution in [0.1, 0.15) is 35.6 Å². The Labute approximate surface area is 119 Å². The van der Waals surface area contributed by atoms with Gasteiger partial charge in [0.2, 0.25) is 0 Å². The molecular weight excluding hydrogens is 252 g/mol. The zero-order valence-electron chi connectivity index (χ0n) is 12.0. The van der Waals surface area contributed by atoms with Gasteiger partial charge in [0, 0.05) is 6.54 Å². The Balaban J connectivity index is 2.00. The van der Waals surface area contributed by atoms with Crippen molar-refractivity contribution < 1.29 is 9.90 Å². The molecule has 2 amide bonds. The van der Waals surface area contributed by atoms with Crippen LogP contribution in [0.4, 0.5) is 4.79 Å². The molecule has 2 aliphatic rings. The fourth-order valence-electron chi connectivity index (χ4n) is 4.10. The van der Waals surface area contributed by atoms with Crippen LogP contribution in [-0.2, 0) is 0 Å². The molecule has 1 heterocycles. The van der Waals surface area contributed by atoms with Gasteiger partial charge in [-0.3, -0.25) is 0 Å². The lowest BCUT2D eigenvalue weighted by atomic mass is 9.87. The van der Waals surface area contributed by atoms with Crippen LogP contribution < -0.4 is 5.73 Å². The molecule has 4 unspecified atom stereocenters. The van der Waals surface area contributed by atoms with Gasteiger partial charge in [0.1, 0.15) is 0 Å². The van der Waals surface area contributed by atoms with Gasteiger partial charge < -0.3 is 15.7 Å². The van der Waals surface area contributed by atoms with Crippen LogP contribution in [0.25, 0.3) is 0 Å². The first-order valence-electron chi connectivity index (χ1n) is 7.28. The summed E-state index contributed by atoms with van der Waals surface area (Å²) in [4.78, 5) is 13.6. The molecule has 3 N–H and O–H groups in total. The van der Waals surface area contributed by atoms with E-state index in [4.69, 9.17) is 5.73 Å². The van der Waals surface area contributed by atoms with E-state index in [0.717, 1.165) is 12.8 Å². The number of aliphatic hydroxyl groups excluding tert-OH is 1. The first-order chi connectivity index (χ1) is 9.47. The average molecular weight is 274 g/mol. The Kier molecular flexibility index (Phi) is 3.21. The van der Waals surface area contributed by atoms with Gasteiger partial charge in [-0.2, -0.15) is 0 Å². The number of benzene rings is 1. The maximum absolute atomic E-state index is 11.8. The third-order valence-corrected chi connectivity index (χ3v) is 4.92. The fourth-order valence-corrected chi connectivity index (χ4v) is 4.10. The maximum atomic E-state index is 11.8. The second-order valence-electron chi connectivity index (χ2n) is 6.34. The average Bonchev–Trinajstić information content (AvgIpc) is 2.86. The van der Waals surface area contributed by atoms with Crippen LogP contribution >= 0.6 is 0 Å². The van der Waals surface area contributed by atoms with Crippen LogP contribution in [0.3, 0.4) is 0 Å². The predicted molar refractivity (Wildman–Crippen MR) is 77.2 cm³/mol. The van der Waals surface area contributed by atoms with E-state index in [1.807, 2.05) is 0 Å². The summed E-state index contributed by atoms with van der Waals surface area (Å²) >= 11 is 0. The second kappa shape index (κ2) is 4.77. The quantitative estimate of drug-likeness (QED) is 0.823. The molecule has 1 aliphatic carbocycles. The molecule has 4 atom stereocenters. The molecule has 1 saturated carbocycles. The SMILES string of the molecule is Cc1ccc(C2C3CC(O)CC3CN2C(N)=O)c(C)c1. The van der Waals surface area contributed by atoms with Gasteiger partial charge in [-0.05, 0) is 49.7 Å². The first-order valence-corrected chi connectivity index (χ1v) is 7.28. The van der Waals surface area contributed by atoms with E-state index in [2.05, 4.69) is 32.0 Å². The molecule has 20 heavy (non-hydrogen) atoms. The topological polar surface area (TPSA) is 66.6 Å². The van der Waals surface area contributed by atoms with E-state index >= 15 is 0 Å². The molecule has 3 rings (SSSR count). The summed E-state index contributed by atoms with van der Waals surface area (Å²) < 4.78 is 0. The van der Waals surface area contributed by atoms with Gasteiger partial charge >= 0.3 is 6.03 Å². The Bertz CT molecular complexity index is 543. The molecule has 1 aromatic rings. The van der Waals surface area contributed by atoms with Crippen LogP contribution in [0.2, 0.25) is 0 Å². The number of nitrogens with two attached hydrogens (primary N) is 1. The molecule has 0 radical (unpaired) electrons. The number of urea groups is 1. The van der Waals surface area contributed by atoms with Crippen molar-refractivity contribution in [2.24, 2.45) is 17.6 Å². The van der Waals surface area contributed by atoms with Gasteiger partial charge in [-0.25, -0.2) is 4.79 Å². The number of aryl methyl sites for hydroxylation is 2. The van der Waals surface area contributed by atoms with E-state index in [9.17, 15) is 9.90 Å². The van der Waals surface area contributed by atoms with Crippen LogP contribution in [0.15, 0.2) is 18.2 Å². The van der Waals surface area contributed by atoms with Crippen molar-refractivity contribution in [2.45, 2.75) is 38.8 Å². The third-order valence-electron chi connectivity index (χ3n) is 4.92. The largest absolute Gasteiger partial charge is 0.393 e. The predicted octanol–water partition coefficient (Wildman–Crippen LogP) is 2.13. The van der Waals surface area contributed by atoms with E-state index in [0.29, 0.717) is 18.4 Å². The van der Waals surface area contributed by atoms with Crippen molar-refractivity contribution >= 4 is 6.03 Å². The van der Waals surface area contributed by atoms with Gasteiger partial charge in [-0.1, -0.05) is 23.8 Å². The number of carbonyl (C=O) groups excluding carboxylic acids is 1. The van der Waals surface area contributed by atoms with Gasteiger partial charge in [0.25, 0.3) is 0 Å².